The van der Waals surface area contributed by atoms with Crippen LogP contribution in [0.25, 0.3) is 20.2 Å². The second-order valence-electron chi connectivity index (χ2n) is 6.20. The van der Waals surface area contributed by atoms with E-state index in [1.165, 1.54) is 32.1 Å². The predicted molar refractivity (Wildman–Crippen MR) is 104 cm³/mol. The fourth-order valence-electron chi connectivity index (χ4n) is 2.94. The van der Waals surface area contributed by atoms with Crippen LogP contribution >= 0.6 is 11.3 Å². The summed E-state index contributed by atoms with van der Waals surface area (Å²) in [6, 6.07) is 13.7. The van der Waals surface area contributed by atoms with Crippen LogP contribution in [0.1, 0.15) is 45.4 Å². The molecule has 0 bridgehead atoms. The van der Waals surface area contributed by atoms with E-state index < -0.39 is 0 Å². The van der Waals surface area contributed by atoms with Crippen molar-refractivity contribution in [3.8, 4) is 5.75 Å². The fourth-order valence-corrected chi connectivity index (χ4v) is 4.00. The molecule has 0 radical (unpaired) electrons. The first kappa shape index (κ1) is 17.0. The van der Waals surface area contributed by atoms with Gasteiger partial charge in [0.25, 0.3) is 0 Å². The zero-order chi connectivity index (χ0) is 16.8. The Morgan fingerprint density at radius 2 is 1.62 bits per heavy atom. The van der Waals surface area contributed by atoms with Gasteiger partial charge in [0.1, 0.15) is 5.75 Å². The van der Waals surface area contributed by atoms with E-state index in [1.54, 1.807) is 11.3 Å². The van der Waals surface area contributed by atoms with Crippen molar-refractivity contribution in [3.63, 3.8) is 0 Å². The summed E-state index contributed by atoms with van der Waals surface area (Å²) in [7, 11) is 0. The topological polar surface area (TPSA) is 26.3 Å². The van der Waals surface area contributed by atoms with Crippen molar-refractivity contribution in [2.24, 2.45) is 0 Å². The summed E-state index contributed by atoms with van der Waals surface area (Å²) in [5, 5.41) is 1.56. The molecule has 0 unspecified atom stereocenters. The van der Waals surface area contributed by atoms with E-state index in [4.69, 9.17) is 4.74 Å². The van der Waals surface area contributed by atoms with Crippen molar-refractivity contribution in [2.45, 2.75) is 45.4 Å². The zero-order valence-corrected chi connectivity index (χ0v) is 15.0. The summed E-state index contributed by atoms with van der Waals surface area (Å²) < 4.78 is 7.91. The van der Waals surface area contributed by atoms with Crippen LogP contribution in [0.15, 0.2) is 47.3 Å². The van der Waals surface area contributed by atoms with Crippen LogP contribution in [-0.2, 0) is 0 Å². The second kappa shape index (κ2) is 8.29. The number of unbranched alkanes of at least 4 members (excludes halogenated alkanes) is 5. The Kier molecular flexibility index (Phi) is 5.86. The third kappa shape index (κ3) is 3.96. The smallest absolute Gasteiger partial charge is 0.196 e. The van der Waals surface area contributed by atoms with E-state index in [-0.39, 0.29) is 5.43 Å². The molecule has 2 aromatic carbocycles. The number of ether oxygens (including phenoxy) is 1. The van der Waals surface area contributed by atoms with Crippen LogP contribution in [-0.4, -0.2) is 6.61 Å². The maximum atomic E-state index is 12.7. The lowest BCUT2D eigenvalue weighted by Crippen LogP contribution is -2.02. The normalized spacial score (nSPS) is 11.2. The van der Waals surface area contributed by atoms with Gasteiger partial charge in [-0.05, 0) is 36.8 Å². The molecule has 0 aliphatic carbocycles. The van der Waals surface area contributed by atoms with Gasteiger partial charge in [0.05, 0.1) is 6.61 Å². The van der Waals surface area contributed by atoms with Gasteiger partial charge in [-0.15, -0.1) is 11.3 Å². The molecule has 126 valence electrons. The molecule has 1 aromatic heterocycles. The molecule has 3 rings (SSSR count). The average molecular weight is 340 g/mol. The Hall–Kier alpha value is -1.87. The molecule has 1 heterocycles. The standard InChI is InChI=1S/C21H24O2S/c1-2-3-4-5-6-9-14-23-16-12-13-20-18(15-16)21(22)17-10-7-8-11-19(17)24-20/h7-8,10-13,15H,2-6,9,14H2,1H3. The van der Waals surface area contributed by atoms with E-state index in [0.29, 0.717) is 0 Å². The molecule has 2 nitrogen and oxygen atoms in total. The van der Waals surface area contributed by atoms with Gasteiger partial charge in [-0.3, -0.25) is 4.79 Å². The number of hydrogen-bond acceptors (Lipinski definition) is 3. The minimum absolute atomic E-state index is 0.101. The quantitative estimate of drug-likeness (QED) is 0.363. The molecule has 0 aliphatic rings. The second-order valence-corrected chi connectivity index (χ2v) is 7.29. The van der Waals surface area contributed by atoms with Crippen molar-refractivity contribution in [2.75, 3.05) is 6.61 Å². The summed E-state index contributed by atoms with van der Waals surface area (Å²) in [6.07, 6.45) is 7.50. The summed E-state index contributed by atoms with van der Waals surface area (Å²) in [6.45, 7) is 2.96. The van der Waals surface area contributed by atoms with E-state index in [1.807, 2.05) is 42.5 Å². The van der Waals surface area contributed by atoms with Crippen LogP contribution in [0, 0.1) is 0 Å². The monoisotopic (exact) mass is 340 g/mol. The molecule has 0 fully saturated rings. The van der Waals surface area contributed by atoms with Gasteiger partial charge in [-0.25, -0.2) is 0 Å². The minimum atomic E-state index is 0.101. The summed E-state index contributed by atoms with van der Waals surface area (Å²) in [5.41, 5.74) is 0.101. The van der Waals surface area contributed by atoms with Crippen molar-refractivity contribution >= 4 is 31.5 Å². The third-order valence-electron chi connectivity index (χ3n) is 4.31. The van der Waals surface area contributed by atoms with Gasteiger partial charge in [0.2, 0.25) is 0 Å². The highest BCUT2D eigenvalue weighted by atomic mass is 32.1. The van der Waals surface area contributed by atoms with Crippen LogP contribution < -0.4 is 10.2 Å². The molecule has 0 amide bonds. The SMILES string of the molecule is CCCCCCCCOc1ccc2sc3ccccc3c(=O)c2c1. The molecular formula is C21H24O2S. The predicted octanol–water partition coefficient (Wildman–Crippen LogP) is 6.15. The molecule has 0 aliphatic heterocycles. The number of rotatable bonds is 8. The van der Waals surface area contributed by atoms with Crippen molar-refractivity contribution in [1.29, 1.82) is 0 Å². The van der Waals surface area contributed by atoms with Crippen LogP contribution in [0.4, 0.5) is 0 Å². The Morgan fingerprint density at radius 1 is 0.875 bits per heavy atom. The Balaban J connectivity index is 1.68. The largest absolute Gasteiger partial charge is 0.494 e. The van der Waals surface area contributed by atoms with Gasteiger partial charge in [-0.1, -0.05) is 51.2 Å². The average Bonchev–Trinajstić information content (AvgIpc) is 2.61. The highest BCUT2D eigenvalue weighted by Gasteiger charge is 2.07. The lowest BCUT2D eigenvalue weighted by Gasteiger charge is -2.07. The number of benzene rings is 2. The molecule has 0 saturated heterocycles. The minimum Gasteiger partial charge on any atom is -0.494 e. The molecule has 0 saturated carbocycles. The van der Waals surface area contributed by atoms with Crippen LogP contribution in [0.5, 0.6) is 5.75 Å². The van der Waals surface area contributed by atoms with E-state index in [0.717, 1.165) is 38.9 Å². The first-order valence-electron chi connectivity index (χ1n) is 8.88. The Morgan fingerprint density at radius 3 is 2.50 bits per heavy atom. The summed E-state index contributed by atoms with van der Waals surface area (Å²) in [5.74, 6) is 0.802. The van der Waals surface area contributed by atoms with Crippen molar-refractivity contribution in [1.82, 2.24) is 0 Å². The first-order valence-corrected chi connectivity index (χ1v) is 9.69. The van der Waals surface area contributed by atoms with E-state index in [2.05, 4.69) is 6.92 Å². The zero-order valence-electron chi connectivity index (χ0n) is 14.2. The highest BCUT2D eigenvalue weighted by molar-refractivity contribution is 7.24. The Labute approximate surface area is 147 Å². The third-order valence-corrected chi connectivity index (χ3v) is 5.47. The lowest BCUT2D eigenvalue weighted by molar-refractivity contribution is 0.305. The first-order chi connectivity index (χ1) is 11.8. The molecule has 3 heteroatoms. The number of fused-ring (bicyclic) bond motifs is 2. The van der Waals surface area contributed by atoms with Gasteiger partial charge in [0, 0.05) is 20.2 Å². The summed E-state index contributed by atoms with van der Waals surface area (Å²) >= 11 is 1.66. The van der Waals surface area contributed by atoms with Gasteiger partial charge >= 0.3 is 0 Å². The van der Waals surface area contributed by atoms with Gasteiger partial charge in [-0.2, -0.15) is 0 Å². The molecule has 0 spiro atoms. The van der Waals surface area contributed by atoms with Gasteiger partial charge in [0.15, 0.2) is 5.43 Å². The van der Waals surface area contributed by atoms with Gasteiger partial charge < -0.3 is 4.74 Å². The molecule has 3 aromatic rings. The van der Waals surface area contributed by atoms with Crippen LogP contribution in [0.2, 0.25) is 0 Å². The number of hydrogen-bond donors (Lipinski definition) is 0. The molecule has 24 heavy (non-hydrogen) atoms. The maximum absolute atomic E-state index is 12.7. The molecule has 0 N–H and O–H groups in total. The lowest BCUT2D eigenvalue weighted by atomic mass is 10.1. The van der Waals surface area contributed by atoms with Crippen molar-refractivity contribution < 1.29 is 4.74 Å². The van der Waals surface area contributed by atoms with Crippen LogP contribution in [0.3, 0.4) is 0 Å². The molecular weight excluding hydrogens is 316 g/mol. The highest BCUT2D eigenvalue weighted by Crippen LogP contribution is 2.27. The summed E-state index contributed by atoms with van der Waals surface area (Å²) in [4.78, 5) is 12.7. The van der Waals surface area contributed by atoms with E-state index >= 15 is 0 Å². The fraction of sp³-hybridized carbons (Fsp3) is 0.381. The Bertz CT molecular complexity index is 866. The van der Waals surface area contributed by atoms with Crippen molar-refractivity contribution in [3.05, 3.63) is 52.7 Å². The van der Waals surface area contributed by atoms with E-state index in [9.17, 15) is 4.79 Å². The maximum Gasteiger partial charge on any atom is 0.196 e. The molecule has 0 atom stereocenters.